The molecule has 2 N–H and O–H groups in total. The van der Waals surface area contributed by atoms with E-state index in [1.807, 2.05) is 55.6 Å². The molecular formula is C43H36BrN11S2. The Kier molecular flexibility index (Phi) is 9.47. The van der Waals surface area contributed by atoms with E-state index >= 15 is 0 Å². The zero-order chi connectivity index (χ0) is 38.5. The predicted octanol–water partition coefficient (Wildman–Crippen LogP) is 10.6. The molecule has 0 radical (unpaired) electrons. The highest BCUT2D eigenvalue weighted by Crippen LogP contribution is 2.40. The van der Waals surface area contributed by atoms with Gasteiger partial charge in [0.05, 0.1) is 53.3 Å². The molecule has 0 unspecified atom stereocenters. The van der Waals surface area contributed by atoms with Gasteiger partial charge >= 0.3 is 0 Å². The fraction of sp³-hybridized carbons (Fsp3) is 0.186. The molecule has 9 aromatic rings. The fourth-order valence-corrected chi connectivity index (χ4v) is 8.54. The van der Waals surface area contributed by atoms with Crippen molar-refractivity contribution in [1.82, 2.24) is 53.7 Å². The Morgan fingerprint density at radius 1 is 0.561 bits per heavy atom. The number of benzene rings is 2. The first kappa shape index (κ1) is 35.8. The molecule has 0 amide bonds. The summed E-state index contributed by atoms with van der Waals surface area (Å²) in [6.07, 6.45) is 24.3. The van der Waals surface area contributed by atoms with Crippen molar-refractivity contribution in [3.63, 3.8) is 0 Å². The van der Waals surface area contributed by atoms with Gasteiger partial charge in [0.2, 0.25) is 0 Å². The predicted molar refractivity (Wildman–Crippen MR) is 230 cm³/mol. The number of rotatable bonds is 9. The van der Waals surface area contributed by atoms with Gasteiger partial charge in [-0.15, -0.1) is 23.5 Å². The van der Waals surface area contributed by atoms with Gasteiger partial charge in [0.1, 0.15) is 26.3 Å². The summed E-state index contributed by atoms with van der Waals surface area (Å²) in [5.41, 5.74) is 12.4. The number of hydrogen-bond donors (Lipinski definition) is 2. The van der Waals surface area contributed by atoms with Crippen LogP contribution in [0.3, 0.4) is 0 Å². The molecule has 0 bridgehead atoms. The second-order valence-electron chi connectivity index (χ2n) is 14.2. The lowest BCUT2D eigenvalue weighted by Gasteiger charge is -2.08. The van der Waals surface area contributed by atoms with Gasteiger partial charge in [0.25, 0.3) is 0 Å². The van der Waals surface area contributed by atoms with Crippen LogP contribution in [0.4, 0.5) is 0 Å². The number of hydrogen-bond acceptors (Lipinski definition) is 9. The van der Waals surface area contributed by atoms with E-state index in [9.17, 15) is 0 Å². The fourth-order valence-electron chi connectivity index (χ4n) is 6.99. The molecule has 0 spiro atoms. The average molecular weight is 851 g/mol. The number of nitrogens with one attached hydrogen (secondary N) is 2. The maximum Gasteiger partial charge on any atom is 0.170 e. The molecule has 11 rings (SSSR count). The monoisotopic (exact) mass is 849 g/mol. The molecule has 282 valence electrons. The smallest absolute Gasteiger partial charge is 0.170 e. The van der Waals surface area contributed by atoms with Gasteiger partial charge in [-0.05, 0) is 77.4 Å². The molecule has 0 saturated heterocycles. The first-order valence-corrected chi connectivity index (χ1v) is 22.0. The van der Waals surface area contributed by atoms with Gasteiger partial charge < -0.3 is 9.97 Å². The van der Waals surface area contributed by atoms with Gasteiger partial charge in [0, 0.05) is 53.3 Å². The number of thioether (sulfide) groups is 2. The van der Waals surface area contributed by atoms with Crippen molar-refractivity contribution in [2.75, 3.05) is 12.5 Å². The lowest BCUT2D eigenvalue weighted by Crippen LogP contribution is -1.96. The molecule has 14 heteroatoms. The third-order valence-corrected chi connectivity index (χ3v) is 12.1. The minimum absolute atomic E-state index is 0.625. The summed E-state index contributed by atoms with van der Waals surface area (Å²) in [5.74, 6) is 3.49. The molecule has 2 fully saturated rings. The van der Waals surface area contributed by atoms with Crippen LogP contribution >= 0.6 is 39.5 Å². The SMILES string of the molecule is CSc1nc(-c2ccncc2)cn2c(-c3ccc(-c4cnc(C5CC5)[nH]4)cc3)cnc12.CSc1nc(Br)cn2c(-c3ccc(-c4cnc(C5CC5)[nH]4)cc3)cnc12. The van der Waals surface area contributed by atoms with Crippen LogP contribution < -0.4 is 0 Å². The molecule has 57 heavy (non-hydrogen) atoms. The third kappa shape index (κ3) is 7.17. The van der Waals surface area contributed by atoms with Crippen molar-refractivity contribution < 1.29 is 0 Å². The van der Waals surface area contributed by atoms with Gasteiger partial charge in [-0.25, -0.2) is 29.9 Å². The summed E-state index contributed by atoms with van der Waals surface area (Å²) in [5, 5.41) is 1.81. The standard InChI is InChI=1S/C24H20N6S.C19H16BrN5S/c1-31-24-23-27-13-21(30(23)14-20(29-24)16-8-10-25-11-9-16)17-4-2-15(3-5-17)19-12-26-22(28-19)18-6-7-18;1-26-19-18-22-9-15(25(18)10-16(20)24-19)12-4-2-11(3-5-12)14-8-21-17(23-14)13-6-7-13/h2-5,8-14,18H,6-7H2,1H3,(H,26,28);2-5,8-10,13H,6-7H2,1H3,(H,21,23). The van der Waals surface area contributed by atoms with Gasteiger partial charge in [-0.2, -0.15) is 0 Å². The Balaban J connectivity index is 0.000000141. The van der Waals surface area contributed by atoms with Crippen LogP contribution in [0.15, 0.2) is 125 Å². The molecule has 11 nitrogen and oxygen atoms in total. The summed E-state index contributed by atoms with van der Waals surface area (Å²) in [6.45, 7) is 0. The molecule has 0 aliphatic heterocycles. The van der Waals surface area contributed by atoms with E-state index in [2.05, 4.69) is 119 Å². The molecule has 7 aromatic heterocycles. The number of H-pyrrole nitrogens is 2. The van der Waals surface area contributed by atoms with Crippen LogP contribution in [0.5, 0.6) is 0 Å². The second-order valence-corrected chi connectivity index (χ2v) is 16.6. The number of imidazole rings is 4. The topological polar surface area (TPSA) is 131 Å². The molecule has 2 aromatic carbocycles. The summed E-state index contributed by atoms with van der Waals surface area (Å²) in [6, 6.07) is 21.0. The van der Waals surface area contributed by atoms with Crippen molar-refractivity contribution in [2.45, 2.75) is 47.6 Å². The van der Waals surface area contributed by atoms with E-state index in [0.717, 1.165) is 93.9 Å². The number of aromatic amines is 2. The van der Waals surface area contributed by atoms with Crippen molar-refractivity contribution in [3.8, 4) is 56.3 Å². The minimum Gasteiger partial charge on any atom is -0.342 e. The van der Waals surface area contributed by atoms with E-state index < -0.39 is 0 Å². The Morgan fingerprint density at radius 2 is 1.04 bits per heavy atom. The lowest BCUT2D eigenvalue weighted by molar-refractivity contribution is 0.977. The van der Waals surface area contributed by atoms with Crippen molar-refractivity contribution in [1.29, 1.82) is 0 Å². The quantitative estimate of drug-likeness (QED) is 0.136. The van der Waals surface area contributed by atoms with Crippen LogP contribution in [0, 0.1) is 0 Å². The molecule has 2 saturated carbocycles. The number of halogens is 1. The first-order chi connectivity index (χ1) is 28.0. The van der Waals surface area contributed by atoms with Gasteiger partial charge in [-0.3, -0.25) is 13.8 Å². The maximum absolute atomic E-state index is 4.81. The number of pyridine rings is 1. The second kappa shape index (κ2) is 15.1. The van der Waals surface area contributed by atoms with E-state index in [0.29, 0.717) is 11.8 Å². The van der Waals surface area contributed by atoms with Crippen molar-refractivity contribution in [3.05, 3.63) is 126 Å². The molecular weight excluding hydrogens is 815 g/mol. The summed E-state index contributed by atoms with van der Waals surface area (Å²) >= 11 is 6.69. The van der Waals surface area contributed by atoms with E-state index in [1.54, 1.807) is 35.9 Å². The van der Waals surface area contributed by atoms with Crippen LogP contribution in [-0.2, 0) is 0 Å². The first-order valence-electron chi connectivity index (χ1n) is 18.7. The average Bonchev–Trinajstić information content (AvgIpc) is 4.06. The Bertz CT molecular complexity index is 2850. The Morgan fingerprint density at radius 3 is 1.53 bits per heavy atom. The summed E-state index contributed by atoms with van der Waals surface area (Å²) in [4.78, 5) is 38.6. The summed E-state index contributed by atoms with van der Waals surface area (Å²) < 4.78 is 5.01. The zero-order valence-electron chi connectivity index (χ0n) is 31.1. The van der Waals surface area contributed by atoms with E-state index in [4.69, 9.17) is 4.98 Å². The lowest BCUT2D eigenvalue weighted by atomic mass is 10.1. The molecule has 2 aliphatic carbocycles. The zero-order valence-corrected chi connectivity index (χ0v) is 34.3. The number of fused-ring (bicyclic) bond motifs is 2. The van der Waals surface area contributed by atoms with Gasteiger partial charge in [-0.1, -0.05) is 48.5 Å². The normalized spacial score (nSPS) is 13.9. The molecule has 7 heterocycles. The largest absolute Gasteiger partial charge is 0.342 e. The third-order valence-electron chi connectivity index (χ3n) is 10.4. The van der Waals surface area contributed by atoms with E-state index in [-0.39, 0.29) is 0 Å². The summed E-state index contributed by atoms with van der Waals surface area (Å²) in [7, 11) is 0. The van der Waals surface area contributed by atoms with Crippen LogP contribution in [0.2, 0.25) is 0 Å². The Hall–Kier alpha value is -5.57. The van der Waals surface area contributed by atoms with Gasteiger partial charge in [0.15, 0.2) is 11.3 Å². The minimum atomic E-state index is 0.625. The number of aromatic nitrogens is 11. The molecule has 2 aliphatic rings. The maximum atomic E-state index is 4.81. The van der Waals surface area contributed by atoms with Crippen LogP contribution in [0.1, 0.15) is 49.2 Å². The highest BCUT2D eigenvalue weighted by Gasteiger charge is 2.27. The van der Waals surface area contributed by atoms with Crippen LogP contribution in [0.25, 0.3) is 67.6 Å². The van der Waals surface area contributed by atoms with Crippen LogP contribution in [-0.4, -0.2) is 66.2 Å². The number of nitrogens with zero attached hydrogens (tertiary/aromatic N) is 9. The van der Waals surface area contributed by atoms with E-state index in [1.165, 1.54) is 25.7 Å². The molecule has 0 atom stereocenters. The Labute approximate surface area is 345 Å². The van der Waals surface area contributed by atoms with Crippen molar-refractivity contribution >= 4 is 50.7 Å². The highest BCUT2D eigenvalue weighted by atomic mass is 79.9. The van der Waals surface area contributed by atoms with Crippen molar-refractivity contribution in [2.24, 2.45) is 0 Å². The highest BCUT2D eigenvalue weighted by molar-refractivity contribution is 9.10.